The second-order valence-corrected chi connectivity index (χ2v) is 3.11. The molecule has 12 heavy (non-hydrogen) atoms. The van der Waals surface area contributed by atoms with Gasteiger partial charge in [-0.1, -0.05) is 12.8 Å². The third kappa shape index (κ3) is 5.17. The number of nitrogens with one attached hydrogen (secondary N) is 1. The van der Waals surface area contributed by atoms with Gasteiger partial charge in [-0.3, -0.25) is 0 Å². The quantitative estimate of drug-likeness (QED) is 0.525. The molecule has 71 valence electrons. The van der Waals surface area contributed by atoms with Crippen LogP contribution in [0.4, 0.5) is 0 Å². The Morgan fingerprint density at radius 2 is 2.00 bits per heavy atom. The number of nitrogens with zero attached hydrogens (tertiary/aromatic N) is 1. The second-order valence-electron chi connectivity index (χ2n) is 3.11. The number of rotatable bonds is 4. The Kier molecular flexibility index (Phi) is 8.39. The van der Waals surface area contributed by atoms with Gasteiger partial charge in [0.2, 0.25) is 0 Å². The van der Waals surface area contributed by atoms with Crippen LogP contribution in [0, 0.1) is 5.92 Å². The predicted octanol–water partition coefficient (Wildman–Crippen LogP) is 0.663. The zero-order chi connectivity index (χ0) is 7.94. The van der Waals surface area contributed by atoms with Gasteiger partial charge in [-0.2, -0.15) is 0 Å². The molecule has 0 aromatic carbocycles. The van der Waals surface area contributed by atoms with Crippen molar-refractivity contribution in [1.82, 2.24) is 5.32 Å². The van der Waals surface area contributed by atoms with Crippen molar-refractivity contribution in [3.63, 3.8) is 0 Å². The Morgan fingerprint density at radius 1 is 1.33 bits per heavy atom. The van der Waals surface area contributed by atoms with E-state index in [-0.39, 0.29) is 18.6 Å². The first-order valence-electron chi connectivity index (χ1n) is 4.47. The molecule has 3 nitrogen and oxygen atoms in total. The summed E-state index contributed by atoms with van der Waals surface area (Å²) in [5.74, 6) is 0.895. The van der Waals surface area contributed by atoms with Gasteiger partial charge in [0.1, 0.15) is 0 Å². The van der Waals surface area contributed by atoms with Crippen molar-refractivity contribution in [2.75, 3.05) is 26.3 Å². The fourth-order valence-electron chi connectivity index (χ4n) is 1.50. The van der Waals surface area contributed by atoms with Gasteiger partial charge in [-0.25, -0.2) is 0 Å². The summed E-state index contributed by atoms with van der Waals surface area (Å²) in [7, 11) is 0. The molecule has 1 fully saturated rings. The van der Waals surface area contributed by atoms with Crippen molar-refractivity contribution < 1.29 is 18.6 Å². The third-order valence-corrected chi connectivity index (χ3v) is 2.26. The number of hydrogen-bond acceptors (Lipinski definition) is 2. The van der Waals surface area contributed by atoms with Crippen LogP contribution in [-0.4, -0.2) is 26.3 Å². The molecule has 0 atom stereocenters. The summed E-state index contributed by atoms with van der Waals surface area (Å²) in [4.78, 5) is 0. The molecule has 1 heterocycles. The molecule has 1 saturated heterocycles. The van der Waals surface area contributed by atoms with Gasteiger partial charge >= 0.3 is 0 Å². The molecule has 0 spiro atoms. The van der Waals surface area contributed by atoms with Gasteiger partial charge in [0.25, 0.3) is 0 Å². The summed E-state index contributed by atoms with van der Waals surface area (Å²) in [6.07, 6.45) is 3.84. The first-order valence-corrected chi connectivity index (χ1v) is 4.47. The Morgan fingerprint density at radius 3 is 2.58 bits per heavy atom. The standard InChI is InChI=1S/C8H18N3.V/c9-7-11-6-3-8-1-4-10-5-2-8;/h8,11H,1-7,9H2;/q-1;. The summed E-state index contributed by atoms with van der Waals surface area (Å²) < 4.78 is 0. The van der Waals surface area contributed by atoms with Crippen LogP contribution in [0.1, 0.15) is 19.3 Å². The molecule has 0 bridgehead atoms. The molecule has 1 aliphatic heterocycles. The molecule has 4 heteroatoms. The maximum Gasteiger partial charge on any atom is 0.0428 e. The molecule has 0 saturated carbocycles. The fourth-order valence-corrected chi connectivity index (χ4v) is 1.50. The maximum atomic E-state index is 5.31. The Bertz CT molecular complexity index is 94.3. The molecule has 0 aliphatic carbocycles. The van der Waals surface area contributed by atoms with Gasteiger partial charge in [-0.05, 0) is 18.9 Å². The van der Waals surface area contributed by atoms with E-state index in [1.165, 1.54) is 19.3 Å². The van der Waals surface area contributed by atoms with E-state index in [0.717, 1.165) is 25.6 Å². The van der Waals surface area contributed by atoms with Crippen molar-refractivity contribution in [2.24, 2.45) is 11.7 Å². The molecular weight excluding hydrogens is 189 g/mol. The minimum atomic E-state index is 0. The fraction of sp³-hybridized carbons (Fsp3) is 1.00. The average molecular weight is 207 g/mol. The van der Waals surface area contributed by atoms with E-state index in [9.17, 15) is 0 Å². The predicted molar refractivity (Wildman–Crippen MR) is 47.5 cm³/mol. The molecule has 1 aliphatic rings. The monoisotopic (exact) mass is 207 g/mol. The summed E-state index contributed by atoms with van der Waals surface area (Å²) in [6, 6.07) is 0. The van der Waals surface area contributed by atoms with Gasteiger partial charge in [0, 0.05) is 25.2 Å². The van der Waals surface area contributed by atoms with E-state index in [0.29, 0.717) is 6.67 Å². The zero-order valence-electron chi connectivity index (χ0n) is 7.50. The summed E-state index contributed by atoms with van der Waals surface area (Å²) >= 11 is 0. The zero-order valence-corrected chi connectivity index (χ0v) is 8.90. The molecule has 0 amide bonds. The Labute approximate surface area is 86.7 Å². The molecule has 1 radical (unpaired) electrons. The van der Waals surface area contributed by atoms with E-state index in [1.807, 2.05) is 0 Å². The van der Waals surface area contributed by atoms with Crippen LogP contribution in [-0.2, 0) is 18.6 Å². The van der Waals surface area contributed by atoms with Crippen LogP contribution in [0.3, 0.4) is 0 Å². The van der Waals surface area contributed by atoms with Crippen molar-refractivity contribution in [1.29, 1.82) is 0 Å². The van der Waals surface area contributed by atoms with Crippen molar-refractivity contribution >= 4 is 0 Å². The normalized spacial score (nSPS) is 18.8. The SMILES string of the molecule is NCNCCC1CC[N-]CC1.[V]. The van der Waals surface area contributed by atoms with Crippen molar-refractivity contribution in [3.05, 3.63) is 5.32 Å². The van der Waals surface area contributed by atoms with E-state index in [4.69, 9.17) is 5.73 Å². The molecule has 0 aromatic heterocycles. The van der Waals surface area contributed by atoms with Crippen LogP contribution in [0.2, 0.25) is 0 Å². The second kappa shape index (κ2) is 8.08. The Balaban J connectivity index is 0.00000121. The topological polar surface area (TPSA) is 52.1 Å². The molecule has 0 unspecified atom stereocenters. The van der Waals surface area contributed by atoms with E-state index >= 15 is 0 Å². The molecule has 3 N–H and O–H groups in total. The maximum absolute atomic E-state index is 5.31. The summed E-state index contributed by atoms with van der Waals surface area (Å²) in [5.41, 5.74) is 5.31. The average Bonchev–Trinajstić information content (AvgIpc) is 2.07. The summed E-state index contributed by atoms with van der Waals surface area (Å²) in [5, 5.41) is 7.45. The molecular formula is C8H18N3V-. The van der Waals surface area contributed by atoms with Crippen molar-refractivity contribution in [2.45, 2.75) is 19.3 Å². The smallest absolute Gasteiger partial charge is 0.0428 e. The van der Waals surface area contributed by atoms with E-state index < -0.39 is 0 Å². The largest absolute Gasteiger partial charge is 0.662 e. The Hall–Kier alpha value is 0.464. The van der Waals surface area contributed by atoms with Crippen LogP contribution in [0.25, 0.3) is 5.32 Å². The van der Waals surface area contributed by atoms with Gasteiger partial charge in [0.15, 0.2) is 0 Å². The number of nitrogens with two attached hydrogens (primary N) is 1. The minimum absolute atomic E-state index is 0. The van der Waals surface area contributed by atoms with E-state index in [2.05, 4.69) is 10.6 Å². The van der Waals surface area contributed by atoms with Crippen LogP contribution < -0.4 is 11.1 Å². The van der Waals surface area contributed by atoms with Gasteiger partial charge in [0.05, 0.1) is 0 Å². The van der Waals surface area contributed by atoms with Gasteiger partial charge in [-0.15, -0.1) is 13.1 Å². The van der Waals surface area contributed by atoms with Crippen LogP contribution in [0.15, 0.2) is 0 Å². The van der Waals surface area contributed by atoms with Gasteiger partial charge < -0.3 is 16.4 Å². The van der Waals surface area contributed by atoms with Crippen molar-refractivity contribution in [3.8, 4) is 0 Å². The van der Waals surface area contributed by atoms with E-state index in [1.54, 1.807) is 0 Å². The number of hydrogen-bond donors (Lipinski definition) is 2. The van der Waals surface area contributed by atoms with Crippen LogP contribution >= 0.6 is 0 Å². The summed E-state index contributed by atoms with van der Waals surface area (Å²) in [6.45, 7) is 3.83. The first kappa shape index (κ1) is 12.5. The third-order valence-electron chi connectivity index (χ3n) is 2.26. The first-order chi connectivity index (χ1) is 5.43. The molecule has 1 rings (SSSR count). The van der Waals surface area contributed by atoms with Crippen LogP contribution in [0.5, 0.6) is 0 Å². The number of piperidine rings is 1. The minimum Gasteiger partial charge on any atom is -0.662 e. The molecule has 0 aromatic rings.